The summed E-state index contributed by atoms with van der Waals surface area (Å²) in [7, 11) is 0. The average Bonchev–Trinajstić information content (AvgIpc) is 2.57. The fourth-order valence-corrected chi connectivity index (χ4v) is 2.73. The lowest BCUT2D eigenvalue weighted by Gasteiger charge is -2.23. The van der Waals surface area contributed by atoms with Crippen LogP contribution < -0.4 is 11.1 Å². The minimum atomic E-state index is -0.717. The van der Waals surface area contributed by atoms with Crippen LogP contribution in [0.5, 0.6) is 0 Å². The summed E-state index contributed by atoms with van der Waals surface area (Å²) in [5.41, 5.74) is 6.69. The van der Waals surface area contributed by atoms with E-state index in [1.54, 1.807) is 12.1 Å². The van der Waals surface area contributed by atoms with Crippen molar-refractivity contribution in [2.24, 2.45) is 0 Å². The standard InChI is InChI=1S/C14H15N3O3/c15-8-4-5-9-10(7-8)14(20)17(13(9)19)11-3-1-2-6-16-12(11)18/h4-5,7,11H,1-3,6,15H2,(H,16,18)/t11-/m0/s1. The fraction of sp³-hybridized carbons (Fsp3) is 0.357. The van der Waals surface area contributed by atoms with Crippen LogP contribution in [0.15, 0.2) is 18.2 Å². The van der Waals surface area contributed by atoms with Crippen LogP contribution in [-0.4, -0.2) is 35.2 Å². The summed E-state index contributed by atoms with van der Waals surface area (Å²) in [6.07, 6.45) is 2.17. The third-order valence-electron chi connectivity index (χ3n) is 3.76. The number of carbonyl (C=O) groups is 3. The van der Waals surface area contributed by atoms with Gasteiger partial charge in [0.1, 0.15) is 6.04 Å². The van der Waals surface area contributed by atoms with Gasteiger partial charge in [0, 0.05) is 12.2 Å². The van der Waals surface area contributed by atoms with Gasteiger partial charge in [0.15, 0.2) is 0 Å². The number of hydrogen-bond acceptors (Lipinski definition) is 4. The lowest BCUT2D eigenvalue weighted by atomic mass is 10.1. The van der Waals surface area contributed by atoms with Crippen molar-refractivity contribution >= 4 is 23.4 Å². The second-order valence-corrected chi connectivity index (χ2v) is 5.09. The predicted octanol–water partition coefficient (Wildman–Crippen LogP) is 0.533. The van der Waals surface area contributed by atoms with Crippen LogP contribution in [0.25, 0.3) is 0 Å². The highest BCUT2D eigenvalue weighted by atomic mass is 16.2. The third-order valence-corrected chi connectivity index (χ3v) is 3.76. The molecule has 20 heavy (non-hydrogen) atoms. The molecule has 0 unspecified atom stereocenters. The van der Waals surface area contributed by atoms with Crippen LogP contribution in [-0.2, 0) is 4.79 Å². The second-order valence-electron chi connectivity index (χ2n) is 5.09. The highest BCUT2D eigenvalue weighted by Gasteiger charge is 2.42. The Morgan fingerprint density at radius 1 is 1.10 bits per heavy atom. The quantitative estimate of drug-likeness (QED) is 0.576. The molecule has 2 heterocycles. The molecule has 1 aromatic rings. The molecule has 1 fully saturated rings. The number of imide groups is 1. The zero-order valence-corrected chi connectivity index (χ0v) is 10.9. The predicted molar refractivity (Wildman–Crippen MR) is 72.0 cm³/mol. The number of fused-ring (bicyclic) bond motifs is 1. The van der Waals surface area contributed by atoms with Crippen LogP contribution in [0.1, 0.15) is 40.0 Å². The van der Waals surface area contributed by atoms with Gasteiger partial charge in [0.25, 0.3) is 11.8 Å². The van der Waals surface area contributed by atoms with Crippen molar-refractivity contribution in [2.45, 2.75) is 25.3 Å². The van der Waals surface area contributed by atoms with E-state index in [1.165, 1.54) is 6.07 Å². The van der Waals surface area contributed by atoms with E-state index in [-0.39, 0.29) is 11.5 Å². The Hall–Kier alpha value is -2.37. The molecule has 104 valence electrons. The highest BCUT2D eigenvalue weighted by Crippen LogP contribution is 2.28. The SMILES string of the molecule is Nc1ccc2c(c1)C(=O)N([C@H]1CCCCNC1=O)C2=O. The van der Waals surface area contributed by atoms with Gasteiger partial charge in [-0.25, -0.2) is 0 Å². The number of hydrogen-bond donors (Lipinski definition) is 2. The molecular formula is C14H15N3O3. The summed E-state index contributed by atoms with van der Waals surface area (Å²) in [6.45, 7) is 0.589. The van der Waals surface area contributed by atoms with E-state index in [0.717, 1.165) is 17.7 Å². The molecule has 0 radical (unpaired) electrons. The number of amides is 3. The van der Waals surface area contributed by atoms with Crippen molar-refractivity contribution in [1.29, 1.82) is 0 Å². The van der Waals surface area contributed by atoms with Gasteiger partial charge >= 0.3 is 0 Å². The topological polar surface area (TPSA) is 92.5 Å². The Morgan fingerprint density at radius 3 is 2.65 bits per heavy atom. The maximum absolute atomic E-state index is 12.4. The van der Waals surface area contributed by atoms with Crippen molar-refractivity contribution in [3.63, 3.8) is 0 Å². The van der Waals surface area contributed by atoms with E-state index < -0.39 is 17.9 Å². The maximum Gasteiger partial charge on any atom is 0.262 e. The summed E-state index contributed by atoms with van der Waals surface area (Å²) in [6, 6.07) is 3.90. The number of carbonyl (C=O) groups excluding carboxylic acids is 3. The van der Waals surface area contributed by atoms with Gasteiger partial charge in [-0.1, -0.05) is 0 Å². The van der Waals surface area contributed by atoms with Gasteiger partial charge in [0.05, 0.1) is 11.1 Å². The smallest absolute Gasteiger partial charge is 0.262 e. The number of nitrogens with zero attached hydrogens (tertiary/aromatic N) is 1. The highest BCUT2D eigenvalue weighted by molar-refractivity contribution is 6.23. The van der Waals surface area contributed by atoms with Gasteiger partial charge in [-0.2, -0.15) is 0 Å². The van der Waals surface area contributed by atoms with Crippen LogP contribution >= 0.6 is 0 Å². The molecular weight excluding hydrogens is 258 g/mol. The Bertz CT molecular complexity index is 612. The molecule has 0 aromatic heterocycles. The van der Waals surface area contributed by atoms with Crippen LogP contribution in [0.2, 0.25) is 0 Å². The van der Waals surface area contributed by atoms with E-state index in [4.69, 9.17) is 5.73 Å². The van der Waals surface area contributed by atoms with Gasteiger partial charge in [-0.3, -0.25) is 19.3 Å². The first kappa shape index (κ1) is 12.7. The van der Waals surface area contributed by atoms with Gasteiger partial charge in [-0.15, -0.1) is 0 Å². The molecule has 3 rings (SSSR count). The van der Waals surface area contributed by atoms with Crippen LogP contribution in [0.3, 0.4) is 0 Å². The molecule has 0 bridgehead atoms. The third kappa shape index (κ3) is 1.84. The second kappa shape index (κ2) is 4.63. The molecule has 2 aliphatic heterocycles. The summed E-state index contributed by atoms with van der Waals surface area (Å²) >= 11 is 0. The van der Waals surface area contributed by atoms with Crippen LogP contribution in [0, 0.1) is 0 Å². The molecule has 0 saturated carbocycles. The monoisotopic (exact) mass is 273 g/mol. The first-order chi connectivity index (χ1) is 9.59. The van der Waals surface area contributed by atoms with Gasteiger partial charge in [0.2, 0.25) is 5.91 Å². The van der Waals surface area contributed by atoms with Crippen molar-refractivity contribution in [3.8, 4) is 0 Å². The summed E-state index contributed by atoms with van der Waals surface area (Å²) in [4.78, 5) is 37.8. The van der Waals surface area contributed by atoms with Crippen molar-refractivity contribution in [3.05, 3.63) is 29.3 Å². The normalized spacial score (nSPS) is 22.5. The van der Waals surface area contributed by atoms with Gasteiger partial charge in [-0.05, 0) is 37.5 Å². The maximum atomic E-state index is 12.4. The van der Waals surface area contributed by atoms with E-state index in [9.17, 15) is 14.4 Å². The molecule has 0 aliphatic carbocycles. The number of rotatable bonds is 1. The molecule has 3 amide bonds. The molecule has 3 N–H and O–H groups in total. The Labute approximate surface area is 115 Å². The summed E-state index contributed by atoms with van der Waals surface area (Å²) in [5.74, 6) is -1.10. The first-order valence-electron chi connectivity index (χ1n) is 6.64. The molecule has 1 aromatic carbocycles. The lowest BCUT2D eigenvalue weighted by molar-refractivity contribution is -0.124. The zero-order chi connectivity index (χ0) is 14.3. The summed E-state index contributed by atoms with van der Waals surface area (Å²) < 4.78 is 0. The molecule has 6 heteroatoms. The molecule has 0 spiro atoms. The van der Waals surface area contributed by atoms with E-state index in [2.05, 4.69) is 5.32 Å². The number of nitrogens with one attached hydrogen (secondary N) is 1. The van der Waals surface area contributed by atoms with Gasteiger partial charge < -0.3 is 11.1 Å². The fourth-order valence-electron chi connectivity index (χ4n) is 2.73. The zero-order valence-electron chi connectivity index (χ0n) is 10.9. The van der Waals surface area contributed by atoms with Crippen molar-refractivity contribution < 1.29 is 14.4 Å². The number of nitrogens with two attached hydrogens (primary N) is 1. The molecule has 2 aliphatic rings. The minimum Gasteiger partial charge on any atom is -0.399 e. The number of anilines is 1. The number of benzene rings is 1. The number of nitrogen functional groups attached to an aromatic ring is 1. The summed E-state index contributed by atoms with van der Waals surface area (Å²) in [5, 5.41) is 2.74. The largest absolute Gasteiger partial charge is 0.399 e. The van der Waals surface area contributed by atoms with Crippen molar-refractivity contribution in [1.82, 2.24) is 10.2 Å². The lowest BCUT2D eigenvalue weighted by Crippen LogP contribution is -2.48. The first-order valence-corrected chi connectivity index (χ1v) is 6.64. The van der Waals surface area contributed by atoms with E-state index >= 15 is 0 Å². The van der Waals surface area contributed by atoms with Crippen molar-refractivity contribution in [2.75, 3.05) is 12.3 Å². The minimum absolute atomic E-state index is 0.259. The van der Waals surface area contributed by atoms with E-state index in [0.29, 0.717) is 24.2 Å². The molecule has 1 saturated heterocycles. The molecule has 6 nitrogen and oxygen atoms in total. The Balaban J connectivity index is 1.98. The Morgan fingerprint density at radius 2 is 1.85 bits per heavy atom. The molecule has 1 atom stereocenters. The van der Waals surface area contributed by atoms with Crippen LogP contribution in [0.4, 0.5) is 5.69 Å². The average molecular weight is 273 g/mol. The van der Waals surface area contributed by atoms with E-state index in [1.807, 2.05) is 0 Å². The Kier molecular flexibility index (Phi) is 2.93.